The van der Waals surface area contributed by atoms with E-state index in [1.54, 1.807) is 41.5 Å². The van der Waals surface area contributed by atoms with Crippen LogP contribution in [0.15, 0.2) is 70.9 Å². The van der Waals surface area contributed by atoms with Crippen molar-refractivity contribution in [3.63, 3.8) is 0 Å². The van der Waals surface area contributed by atoms with Crippen LogP contribution in [0.2, 0.25) is 0 Å². The first-order chi connectivity index (χ1) is 13.2. The molecule has 0 aliphatic rings. The number of nitrogens with one attached hydrogen (secondary N) is 1. The van der Waals surface area contributed by atoms with Crippen molar-refractivity contribution >= 4 is 11.7 Å². The Balaban J connectivity index is 1.51. The Labute approximate surface area is 152 Å². The van der Waals surface area contributed by atoms with Gasteiger partial charge in [0.2, 0.25) is 5.91 Å². The van der Waals surface area contributed by atoms with Crippen LogP contribution in [-0.4, -0.2) is 35.2 Å². The fourth-order valence-corrected chi connectivity index (χ4v) is 2.39. The molecule has 0 radical (unpaired) electrons. The number of hydrogen-bond acceptors (Lipinski definition) is 7. The van der Waals surface area contributed by atoms with E-state index in [2.05, 4.69) is 25.4 Å². The second-order valence-corrected chi connectivity index (χ2v) is 5.47. The molecule has 4 aromatic heterocycles. The largest absolute Gasteiger partial charge is 0.463 e. The van der Waals surface area contributed by atoms with Crippen molar-refractivity contribution in [1.29, 1.82) is 0 Å². The molecule has 0 saturated carbocycles. The molecule has 0 aliphatic carbocycles. The summed E-state index contributed by atoms with van der Waals surface area (Å²) >= 11 is 0. The van der Waals surface area contributed by atoms with E-state index in [4.69, 9.17) is 4.42 Å². The second kappa shape index (κ2) is 7.04. The Morgan fingerprint density at radius 2 is 2.15 bits per heavy atom. The van der Waals surface area contributed by atoms with Gasteiger partial charge in [-0.15, -0.1) is 0 Å². The van der Waals surface area contributed by atoms with Gasteiger partial charge in [-0.3, -0.25) is 14.2 Å². The number of nitrogens with zero attached hydrogens (tertiary/aromatic N) is 6. The van der Waals surface area contributed by atoms with Crippen LogP contribution in [0, 0.1) is 0 Å². The fraction of sp³-hybridized carbons (Fsp3) is 0.0588. The molecule has 0 unspecified atom stereocenters. The van der Waals surface area contributed by atoms with Crippen molar-refractivity contribution in [1.82, 2.24) is 29.3 Å². The highest BCUT2D eigenvalue weighted by atomic mass is 16.3. The van der Waals surface area contributed by atoms with Gasteiger partial charge in [-0.25, -0.2) is 19.6 Å². The van der Waals surface area contributed by atoms with Gasteiger partial charge in [0.05, 0.1) is 6.26 Å². The number of carbonyl (C=O) groups is 1. The highest BCUT2D eigenvalue weighted by Crippen LogP contribution is 2.15. The Morgan fingerprint density at radius 1 is 1.22 bits per heavy atom. The van der Waals surface area contributed by atoms with Gasteiger partial charge in [0.25, 0.3) is 5.56 Å². The van der Waals surface area contributed by atoms with Crippen LogP contribution in [0.25, 0.3) is 17.3 Å². The molecular formula is C17H13N7O3. The maximum atomic E-state index is 12.3. The molecule has 27 heavy (non-hydrogen) atoms. The van der Waals surface area contributed by atoms with Crippen LogP contribution >= 0.6 is 0 Å². The monoisotopic (exact) mass is 363 g/mol. The number of aromatic nitrogens is 6. The summed E-state index contributed by atoms with van der Waals surface area (Å²) in [5.41, 5.74) is 0.0547. The molecule has 1 N–H and O–H groups in total. The van der Waals surface area contributed by atoms with E-state index >= 15 is 0 Å². The van der Waals surface area contributed by atoms with Gasteiger partial charge < -0.3 is 9.73 Å². The normalized spacial score (nSPS) is 10.7. The lowest BCUT2D eigenvalue weighted by molar-refractivity contribution is -0.117. The first-order valence-electron chi connectivity index (χ1n) is 7.91. The second-order valence-electron chi connectivity index (χ2n) is 5.47. The van der Waals surface area contributed by atoms with Crippen molar-refractivity contribution in [2.75, 3.05) is 5.32 Å². The number of anilines is 1. The molecule has 0 fully saturated rings. The van der Waals surface area contributed by atoms with Gasteiger partial charge in [-0.05, 0) is 18.2 Å². The summed E-state index contributed by atoms with van der Waals surface area (Å²) in [6, 6.07) is 7.90. The summed E-state index contributed by atoms with van der Waals surface area (Å²) < 4.78 is 8.00. The zero-order chi connectivity index (χ0) is 18.6. The number of imidazole rings is 1. The Kier molecular flexibility index (Phi) is 4.27. The van der Waals surface area contributed by atoms with Gasteiger partial charge >= 0.3 is 0 Å². The minimum Gasteiger partial charge on any atom is -0.463 e. The zero-order valence-electron chi connectivity index (χ0n) is 13.9. The van der Waals surface area contributed by atoms with Crippen molar-refractivity contribution in [3.05, 3.63) is 72.0 Å². The van der Waals surface area contributed by atoms with Crippen molar-refractivity contribution in [2.45, 2.75) is 6.54 Å². The highest BCUT2D eigenvalue weighted by molar-refractivity contribution is 5.89. The molecule has 134 valence electrons. The molecule has 10 heteroatoms. The van der Waals surface area contributed by atoms with Gasteiger partial charge in [0, 0.05) is 24.5 Å². The molecule has 0 aliphatic heterocycles. The maximum absolute atomic E-state index is 12.3. The van der Waals surface area contributed by atoms with E-state index in [-0.39, 0.29) is 6.54 Å². The minimum atomic E-state index is -0.448. The van der Waals surface area contributed by atoms with E-state index < -0.39 is 11.5 Å². The van der Waals surface area contributed by atoms with Gasteiger partial charge in [-0.1, -0.05) is 0 Å². The molecule has 4 rings (SSSR count). The molecule has 1 amide bonds. The van der Waals surface area contributed by atoms with E-state index in [0.29, 0.717) is 23.1 Å². The van der Waals surface area contributed by atoms with E-state index in [1.165, 1.54) is 24.7 Å². The summed E-state index contributed by atoms with van der Waals surface area (Å²) in [6.45, 7) is -0.266. The van der Waals surface area contributed by atoms with Crippen LogP contribution in [-0.2, 0) is 11.3 Å². The fourth-order valence-electron chi connectivity index (χ4n) is 2.39. The average molecular weight is 363 g/mol. The summed E-state index contributed by atoms with van der Waals surface area (Å²) in [5.74, 6) is 0.906. The van der Waals surface area contributed by atoms with Gasteiger partial charge in [-0.2, -0.15) is 5.10 Å². The molecule has 0 spiro atoms. The Hall–Kier alpha value is -4.08. The van der Waals surface area contributed by atoms with Crippen LogP contribution in [0.1, 0.15) is 0 Å². The molecule has 0 bridgehead atoms. The number of rotatable bonds is 5. The molecular weight excluding hydrogens is 350 g/mol. The SMILES string of the molecule is O=C(Cn1nc(-c2ccco2)ccc1=O)Nc1cc(-n2ccnc2)ncn1. The first-order valence-corrected chi connectivity index (χ1v) is 7.91. The molecule has 0 saturated heterocycles. The van der Waals surface area contributed by atoms with Crippen LogP contribution in [0.3, 0.4) is 0 Å². The van der Waals surface area contributed by atoms with Crippen LogP contribution in [0.5, 0.6) is 0 Å². The lowest BCUT2D eigenvalue weighted by Gasteiger charge is -2.08. The van der Waals surface area contributed by atoms with E-state index in [0.717, 1.165) is 4.68 Å². The van der Waals surface area contributed by atoms with Crippen molar-refractivity contribution in [2.24, 2.45) is 0 Å². The molecule has 4 aromatic rings. The van der Waals surface area contributed by atoms with Crippen molar-refractivity contribution in [3.8, 4) is 17.3 Å². The number of furan rings is 1. The topological polar surface area (TPSA) is 121 Å². The first kappa shape index (κ1) is 16.4. The molecule has 0 atom stereocenters. The molecule has 10 nitrogen and oxygen atoms in total. The minimum absolute atomic E-state index is 0.266. The maximum Gasteiger partial charge on any atom is 0.267 e. The predicted octanol–water partition coefficient (Wildman–Crippen LogP) is 1.12. The number of hydrogen-bond donors (Lipinski definition) is 1. The van der Waals surface area contributed by atoms with Gasteiger partial charge in [0.15, 0.2) is 5.76 Å². The lowest BCUT2D eigenvalue weighted by Crippen LogP contribution is -2.29. The smallest absolute Gasteiger partial charge is 0.267 e. The summed E-state index contributed by atoms with van der Waals surface area (Å²) in [4.78, 5) is 36.4. The third-order valence-electron chi connectivity index (χ3n) is 3.62. The predicted molar refractivity (Wildman–Crippen MR) is 94.0 cm³/mol. The van der Waals surface area contributed by atoms with Gasteiger partial charge in [0.1, 0.15) is 36.5 Å². The third-order valence-corrected chi connectivity index (χ3v) is 3.62. The molecule has 0 aromatic carbocycles. The summed E-state index contributed by atoms with van der Waals surface area (Å²) in [6.07, 6.45) is 7.75. The molecule has 4 heterocycles. The highest BCUT2D eigenvalue weighted by Gasteiger charge is 2.11. The standard InChI is InChI=1S/C17H13N7O3/c25-16(21-14-8-15(20-10-19-14)23-6-5-18-11-23)9-24-17(26)4-3-12(22-24)13-2-1-7-27-13/h1-8,10-11H,9H2,(H,19,20,21,25). The van der Waals surface area contributed by atoms with Crippen LogP contribution in [0.4, 0.5) is 5.82 Å². The average Bonchev–Trinajstić information content (AvgIpc) is 3.38. The van der Waals surface area contributed by atoms with E-state index in [9.17, 15) is 9.59 Å². The third kappa shape index (κ3) is 3.63. The Bertz CT molecular complexity index is 1120. The Morgan fingerprint density at radius 3 is 2.93 bits per heavy atom. The van der Waals surface area contributed by atoms with Crippen LogP contribution < -0.4 is 10.9 Å². The number of amides is 1. The summed E-state index contributed by atoms with van der Waals surface area (Å²) in [7, 11) is 0. The quantitative estimate of drug-likeness (QED) is 0.564. The van der Waals surface area contributed by atoms with E-state index in [1.807, 2.05) is 0 Å². The lowest BCUT2D eigenvalue weighted by atomic mass is 10.3. The summed E-state index contributed by atoms with van der Waals surface area (Å²) in [5, 5.41) is 6.79. The van der Waals surface area contributed by atoms with Crippen molar-refractivity contribution < 1.29 is 9.21 Å². The number of carbonyl (C=O) groups excluding carboxylic acids is 1. The zero-order valence-corrected chi connectivity index (χ0v) is 13.9.